The van der Waals surface area contributed by atoms with Crippen molar-refractivity contribution in [1.82, 2.24) is 14.9 Å². The first-order chi connectivity index (χ1) is 9.11. The number of hydrogen-bond donors (Lipinski definition) is 1. The zero-order valence-corrected chi connectivity index (χ0v) is 11.9. The number of anilines is 2. The fraction of sp³-hybridized carbons (Fsp3) is 0.692. The van der Waals surface area contributed by atoms with Crippen LogP contribution in [0.4, 0.5) is 16.2 Å². The topological polar surface area (TPSA) is 44.3 Å². The van der Waals surface area contributed by atoms with Crippen LogP contribution in [0.5, 0.6) is 0 Å². The van der Waals surface area contributed by atoms with Crippen LogP contribution in [0.3, 0.4) is 0 Å². The molecule has 1 aliphatic rings. The third-order valence-electron chi connectivity index (χ3n) is 3.63. The zero-order valence-electron chi connectivity index (χ0n) is 11.9. The minimum Gasteiger partial charge on any atom is -0.354 e. The number of likely N-dealkylation sites (tertiary alicyclic amines) is 1. The molecule has 0 spiro atoms. The largest absolute Gasteiger partial charge is 0.354 e. The summed E-state index contributed by atoms with van der Waals surface area (Å²) >= 11 is 0. The molecule has 1 aromatic heterocycles. The van der Waals surface area contributed by atoms with E-state index >= 15 is 0 Å². The predicted molar refractivity (Wildman–Crippen MR) is 75.1 cm³/mol. The molecule has 6 heteroatoms. The van der Waals surface area contributed by atoms with Gasteiger partial charge in [0.15, 0.2) is 11.6 Å². The summed E-state index contributed by atoms with van der Waals surface area (Å²) in [5, 5.41) is 3.02. The SMILES string of the molecule is CCNc1ncc(F)c(N(C)C2CCN(C)CC2)n1. The molecule has 1 aliphatic heterocycles. The molecule has 2 rings (SSSR count). The maximum Gasteiger partial charge on any atom is 0.224 e. The first-order valence-electron chi connectivity index (χ1n) is 6.79. The lowest BCUT2D eigenvalue weighted by Gasteiger charge is -2.35. The highest BCUT2D eigenvalue weighted by Gasteiger charge is 2.23. The number of halogens is 1. The van der Waals surface area contributed by atoms with Gasteiger partial charge in [0.25, 0.3) is 0 Å². The van der Waals surface area contributed by atoms with Crippen LogP contribution in [0.15, 0.2) is 6.20 Å². The summed E-state index contributed by atoms with van der Waals surface area (Å²) in [6.07, 6.45) is 3.31. The molecule has 2 heterocycles. The Bertz CT molecular complexity index is 417. The first-order valence-corrected chi connectivity index (χ1v) is 6.79. The van der Waals surface area contributed by atoms with Gasteiger partial charge in [-0.05, 0) is 39.9 Å². The Balaban J connectivity index is 2.13. The van der Waals surface area contributed by atoms with Gasteiger partial charge in [-0.3, -0.25) is 0 Å². The molecule has 106 valence electrons. The highest BCUT2D eigenvalue weighted by Crippen LogP contribution is 2.23. The molecule has 1 N–H and O–H groups in total. The van der Waals surface area contributed by atoms with E-state index in [0.29, 0.717) is 17.8 Å². The summed E-state index contributed by atoms with van der Waals surface area (Å²) in [5.74, 6) is 0.516. The molecule has 1 saturated heterocycles. The van der Waals surface area contributed by atoms with E-state index in [4.69, 9.17) is 0 Å². The Kier molecular flexibility index (Phi) is 4.52. The second-order valence-electron chi connectivity index (χ2n) is 5.04. The molecule has 19 heavy (non-hydrogen) atoms. The van der Waals surface area contributed by atoms with E-state index < -0.39 is 0 Å². The van der Waals surface area contributed by atoms with E-state index in [9.17, 15) is 4.39 Å². The maximum atomic E-state index is 13.9. The van der Waals surface area contributed by atoms with Gasteiger partial charge in [-0.15, -0.1) is 0 Å². The van der Waals surface area contributed by atoms with Crippen molar-refractivity contribution >= 4 is 11.8 Å². The minimum atomic E-state index is -0.358. The number of piperidine rings is 1. The molecule has 0 unspecified atom stereocenters. The number of aromatic nitrogens is 2. The van der Waals surface area contributed by atoms with Gasteiger partial charge in [0.1, 0.15) is 0 Å². The Hall–Kier alpha value is -1.43. The number of rotatable bonds is 4. The van der Waals surface area contributed by atoms with Crippen molar-refractivity contribution in [3.63, 3.8) is 0 Å². The van der Waals surface area contributed by atoms with E-state index in [1.807, 2.05) is 18.9 Å². The molecular weight excluding hydrogens is 245 g/mol. The highest BCUT2D eigenvalue weighted by atomic mass is 19.1. The number of nitrogens with one attached hydrogen (secondary N) is 1. The quantitative estimate of drug-likeness (QED) is 0.897. The lowest BCUT2D eigenvalue weighted by atomic mass is 10.0. The summed E-state index contributed by atoms with van der Waals surface area (Å²) < 4.78 is 13.9. The van der Waals surface area contributed by atoms with Crippen molar-refractivity contribution in [2.24, 2.45) is 0 Å². The first kappa shape index (κ1) is 14.0. The Morgan fingerprint density at radius 1 is 1.47 bits per heavy atom. The minimum absolute atomic E-state index is 0.343. The highest BCUT2D eigenvalue weighted by molar-refractivity contribution is 5.44. The van der Waals surface area contributed by atoms with Crippen LogP contribution in [-0.4, -0.2) is 54.6 Å². The van der Waals surface area contributed by atoms with Crippen LogP contribution in [-0.2, 0) is 0 Å². The summed E-state index contributed by atoms with van der Waals surface area (Å²) in [7, 11) is 4.03. The summed E-state index contributed by atoms with van der Waals surface area (Å²) in [4.78, 5) is 12.5. The fourth-order valence-corrected chi connectivity index (χ4v) is 2.40. The third-order valence-corrected chi connectivity index (χ3v) is 3.63. The molecule has 0 radical (unpaired) electrons. The van der Waals surface area contributed by atoms with Crippen molar-refractivity contribution in [3.05, 3.63) is 12.0 Å². The second kappa shape index (κ2) is 6.14. The Morgan fingerprint density at radius 2 is 2.16 bits per heavy atom. The average molecular weight is 267 g/mol. The van der Waals surface area contributed by atoms with Gasteiger partial charge in [-0.1, -0.05) is 0 Å². The predicted octanol–water partition coefficient (Wildman–Crippen LogP) is 1.58. The van der Waals surface area contributed by atoms with Gasteiger partial charge in [-0.25, -0.2) is 9.37 Å². The van der Waals surface area contributed by atoms with Crippen molar-refractivity contribution in [1.29, 1.82) is 0 Å². The van der Waals surface area contributed by atoms with Gasteiger partial charge in [-0.2, -0.15) is 4.98 Å². The lowest BCUT2D eigenvalue weighted by Crippen LogP contribution is -2.42. The van der Waals surface area contributed by atoms with E-state index in [0.717, 1.165) is 32.5 Å². The number of nitrogens with zero attached hydrogens (tertiary/aromatic N) is 4. The molecule has 0 atom stereocenters. The van der Waals surface area contributed by atoms with Crippen LogP contribution in [0.2, 0.25) is 0 Å². The Labute approximate surface area is 113 Å². The number of hydrogen-bond acceptors (Lipinski definition) is 5. The van der Waals surface area contributed by atoms with E-state index in [1.165, 1.54) is 6.20 Å². The van der Waals surface area contributed by atoms with E-state index in [1.54, 1.807) is 0 Å². The maximum absolute atomic E-state index is 13.9. The molecular formula is C13H22FN5. The van der Waals surface area contributed by atoms with Gasteiger partial charge in [0.2, 0.25) is 5.95 Å². The van der Waals surface area contributed by atoms with Gasteiger partial charge in [0.05, 0.1) is 6.20 Å². The molecule has 0 aromatic carbocycles. The molecule has 0 saturated carbocycles. The van der Waals surface area contributed by atoms with E-state index in [-0.39, 0.29) is 5.82 Å². The van der Waals surface area contributed by atoms with Crippen molar-refractivity contribution in [3.8, 4) is 0 Å². The van der Waals surface area contributed by atoms with Crippen LogP contribution in [0, 0.1) is 5.82 Å². The summed E-state index contributed by atoms with van der Waals surface area (Å²) in [6.45, 7) is 4.78. The zero-order chi connectivity index (χ0) is 13.8. The second-order valence-corrected chi connectivity index (χ2v) is 5.04. The smallest absolute Gasteiger partial charge is 0.224 e. The lowest BCUT2D eigenvalue weighted by molar-refractivity contribution is 0.252. The molecule has 0 aliphatic carbocycles. The average Bonchev–Trinajstić information content (AvgIpc) is 2.41. The fourth-order valence-electron chi connectivity index (χ4n) is 2.40. The van der Waals surface area contributed by atoms with E-state index in [2.05, 4.69) is 27.2 Å². The van der Waals surface area contributed by atoms with Crippen LogP contribution >= 0.6 is 0 Å². The van der Waals surface area contributed by atoms with Crippen LogP contribution < -0.4 is 10.2 Å². The van der Waals surface area contributed by atoms with Crippen LogP contribution in [0.1, 0.15) is 19.8 Å². The third kappa shape index (κ3) is 3.32. The molecule has 1 aromatic rings. The summed E-state index contributed by atoms with van der Waals surface area (Å²) in [6, 6.07) is 0.343. The van der Waals surface area contributed by atoms with Crippen LogP contribution in [0.25, 0.3) is 0 Å². The standard InChI is InChI=1S/C13H22FN5/c1-4-15-13-16-9-11(14)12(17-13)19(3)10-5-7-18(2)8-6-10/h9-10H,4-8H2,1-3H3,(H,15,16,17). The van der Waals surface area contributed by atoms with Crippen molar-refractivity contribution in [2.75, 3.05) is 43.9 Å². The van der Waals surface area contributed by atoms with Crippen molar-refractivity contribution in [2.45, 2.75) is 25.8 Å². The van der Waals surface area contributed by atoms with Gasteiger partial charge < -0.3 is 15.1 Å². The monoisotopic (exact) mass is 267 g/mol. The summed E-state index contributed by atoms with van der Waals surface area (Å²) in [5.41, 5.74) is 0. The normalized spacial score (nSPS) is 17.5. The van der Waals surface area contributed by atoms with Gasteiger partial charge >= 0.3 is 0 Å². The Morgan fingerprint density at radius 3 is 2.79 bits per heavy atom. The molecule has 0 bridgehead atoms. The van der Waals surface area contributed by atoms with Gasteiger partial charge in [0, 0.05) is 19.6 Å². The molecule has 5 nitrogen and oxygen atoms in total. The molecule has 0 amide bonds. The molecule has 1 fully saturated rings. The van der Waals surface area contributed by atoms with Crippen molar-refractivity contribution < 1.29 is 4.39 Å².